The predicted octanol–water partition coefficient (Wildman–Crippen LogP) is 3.88. The van der Waals surface area contributed by atoms with E-state index in [1.807, 2.05) is 18.2 Å². The Kier molecular flexibility index (Phi) is 12.5. The number of hydrogen-bond donors (Lipinski definition) is 1. The first-order chi connectivity index (χ1) is 15.2. The summed E-state index contributed by atoms with van der Waals surface area (Å²) >= 11 is 0. The number of benzene rings is 1. The molecule has 0 amide bonds. The second kappa shape index (κ2) is 14.8. The fourth-order valence-electron chi connectivity index (χ4n) is 4.20. The number of hydrogen-bond acceptors (Lipinski definition) is 5. The van der Waals surface area contributed by atoms with Crippen molar-refractivity contribution in [1.29, 1.82) is 0 Å². The molecular formula is C24H40IN3O4. The third-order valence-corrected chi connectivity index (χ3v) is 6.00. The standard InChI is InChI=1S/C24H39N3O4.HI/c1-4-25-24(26-13-10-19-17-21(28-2)8-9-23(19)29-3)27-14-11-20(12-15-27)31-18-22-7-5-6-16-30-22;/h8-9,17,20,22H,4-7,10-16,18H2,1-3H3,(H,25,26);1H. The van der Waals surface area contributed by atoms with Gasteiger partial charge in [-0.2, -0.15) is 0 Å². The highest BCUT2D eigenvalue weighted by molar-refractivity contribution is 14.0. The molecule has 2 fully saturated rings. The summed E-state index contributed by atoms with van der Waals surface area (Å²) in [6, 6.07) is 5.90. The van der Waals surface area contributed by atoms with E-state index in [2.05, 4.69) is 17.1 Å². The van der Waals surface area contributed by atoms with Crippen LogP contribution in [0.2, 0.25) is 0 Å². The monoisotopic (exact) mass is 561 g/mol. The van der Waals surface area contributed by atoms with E-state index in [-0.39, 0.29) is 24.0 Å². The normalized spacial score (nSPS) is 19.9. The lowest BCUT2D eigenvalue weighted by Crippen LogP contribution is -2.47. The molecule has 1 N–H and O–H groups in total. The first-order valence-corrected chi connectivity index (χ1v) is 11.7. The molecule has 7 nitrogen and oxygen atoms in total. The van der Waals surface area contributed by atoms with Crippen molar-refractivity contribution in [1.82, 2.24) is 10.2 Å². The molecule has 2 saturated heterocycles. The van der Waals surface area contributed by atoms with Gasteiger partial charge in [0.15, 0.2) is 5.96 Å². The summed E-state index contributed by atoms with van der Waals surface area (Å²) in [5.41, 5.74) is 1.11. The number of nitrogens with zero attached hydrogens (tertiary/aromatic N) is 2. The quantitative estimate of drug-likeness (QED) is 0.281. The Hall–Kier alpha value is -1.26. The summed E-state index contributed by atoms with van der Waals surface area (Å²) in [6.45, 7) is 7.21. The van der Waals surface area contributed by atoms with Crippen LogP contribution in [0.1, 0.15) is 44.6 Å². The number of methoxy groups -OCH3 is 2. The number of likely N-dealkylation sites (tertiary alicyclic amines) is 1. The van der Waals surface area contributed by atoms with Crippen molar-refractivity contribution in [2.45, 2.75) is 57.7 Å². The van der Waals surface area contributed by atoms with E-state index in [1.165, 1.54) is 12.8 Å². The fraction of sp³-hybridized carbons (Fsp3) is 0.708. The lowest BCUT2D eigenvalue weighted by Gasteiger charge is -2.35. The minimum Gasteiger partial charge on any atom is -0.497 e. The third-order valence-electron chi connectivity index (χ3n) is 6.00. The van der Waals surface area contributed by atoms with Gasteiger partial charge in [-0.15, -0.1) is 24.0 Å². The van der Waals surface area contributed by atoms with E-state index in [0.717, 1.165) is 81.6 Å². The van der Waals surface area contributed by atoms with Crippen LogP contribution in [0.25, 0.3) is 0 Å². The van der Waals surface area contributed by atoms with Crippen molar-refractivity contribution in [2.24, 2.45) is 4.99 Å². The molecule has 0 bridgehead atoms. The lowest BCUT2D eigenvalue weighted by molar-refractivity contribution is -0.0721. The van der Waals surface area contributed by atoms with Gasteiger partial charge in [-0.25, -0.2) is 0 Å². The molecule has 2 heterocycles. The molecule has 0 aromatic heterocycles. The summed E-state index contributed by atoms with van der Waals surface area (Å²) in [5.74, 6) is 2.70. The van der Waals surface area contributed by atoms with Gasteiger partial charge in [-0.1, -0.05) is 0 Å². The number of ether oxygens (including phenoxy) is 4. The Morgan fingerprint density at radius 3 is 2.62 bits per heavy atom. The second-order valence-corrected chi connectivity index (χ2v) is 8.17. The van der Waals surface area contributed by atoms with Gasteiger partial charge in [0.05, 0.1) is 33.0 Å². The van der Waals surface area contributed by atoms with E-state index in [0.29, 0.717) is 18.8 Å². The van der Waals surface area contributed by atoms with E-state index < -0.39 is 0 Å². The molecule has 8 heteroatoms. The summed E-state index contributed by atoms with van der Waals surface area (Å²) in [7, 11) is 3.38. The van der Waals surface area contributed by atoms with E-state index in [9.17, 15) is 0 Å². The van der Waals surface area contributed by atoms with Crippen molar-refractivity contribution >= 4 is 29.9 Å². The zero-order valence-corrected chi connectivity index (χ0v) is 22.1. The largest absolute Gasteiger partial charge is 0.497 e. The van der Waals surface area contributed by atoms with Crippen LogP contribution in [-0.2, 0) is 15.9 Å². The SMILES string of the molecule is CCNC(=NCCc1cc(OC)ccc1OC)N1CCC(OCC2CCCCO2)CC1.I. The van der Waals surface area contributed by atoms with Gasteiger partial charge in [0.2, 0.25) is 0 Å². The molecule has 0 radical (unpaired) electrons. The summed E-state index contributed by atoms with van der Waals surface area (Å²) in [6.07, 6.45) is 7.05. The van der Waals surface area contributed by atoms with Crippen molar-refractivity contribution in [3.63, 3.8) is 0 Å². The van der Waals surface area contributed by atoms with Crippen LogP contribution >= 0.6 is 24.0 Å². The molecule has 2 aliphatic heterocycles. The average molecular weight is 562 g/mol. The van der Waals surface area contributed by atoms with Gasteiger partial charge >= 0.3 is 0 Å². The number of rotatable bonds is 9. The van der Waals surface area contributed by atoms with Crippen LogP contribution in [0.3, 0.4) is 0 Å². The number of piperidine rings is 1. The Bertz CT molecular complexity index is 690. The number of halogens is 1. The number of aliphatic imine (C=N–C) groups is 1. The van der Waals surface area contributed by atoms with Crippen molar-refractivity contribution in [3.05, 3.63) is 23.8 Å². The zero-order valence-electron chi connectivity index (χ0n) is 19.8. The molecule has 0 aliphatic carbocycles. The van der Waals surface area contributed by atoms with Gasteiger partial charge < -0.3 is 29.2 Å². The molecule has 182 valence electrons. The molecule has 2 aliphatic rings. The Morgan fingerprint density at radius 2 is 1.97 bits per heavy atom. The van der Waals surface area contributed by atoms with Crippen LogP contribution in [0.4, 0.5) is 0 Å². The lowest BCUT2D eigenvalue weighted by atomic mass is 10.1. The maximum absolute atomic E-state index is 6.16. The number of nitrogens with one attached hydrogen (secondary N) is 1. The maximum atomic E-state index is 6.16. The Balaban J connectivity index is 0.00000363. The highest BCUT2D eigenvalue weighted by Crippen LogP contribution is 2.24. The molecule has 32 heavy (non-hydrogen) atoms. The van der Waals surface area contributed by atoms with Crippen molar-refractivity contribution in [2.75, 3.05) is 53.6 Å². The highest BCUT2D eigenvalue weighted by Gasteiger charge is 2.23. The molecule has 1 aromatic rings. The topological polar surface area (TPSA) is 64.6 Å². The van der Waals surface area contributed by atoms with Gasteiger partial charge in [-0.3, -0.25) is 4.99 Å². The smallest absolute Gasteiger partial charge is 0.193 e. The molecule has 0 saturated carbocycles. The van der Waals surface area contributed by atoms with Crippen LogP contribution in [-0.4, -0.2) is 76.7 Å². The molecule has 3 rings (SSSR count). The Morgan fingerprint density at radius 1 is 1.16 bits per heavy atom. The first-order valence-electron chi connectivity index (χ1n) is 11.7. The van der Waals surface area contributed by atoms with Crippen molar-refractivity contribution < 1.29 is 18.9 Å². The predicted molar refractivity (Wildman–Crippen MR) is 139 cm³/mol. The van der Waals surface area contributed by atoms with Gasteiger partial charge in [0.1, 0.15) is 11.5 Å². The Labute approximate surface area is 210 Å². The van der Waals surface area contributed by atoms with Crippen LogP contribution in [0.5, 0.6) is 11.5 Å². The zero-order chi connectivity index (χ0) is 21.9. The maximum Gasteiger partial charge on any atom is 0.193 e. The summed E-state index contributed by atoms with van der Waals surface area (Å²) in [4.78, 5) is 7.23. The van der Waals surface area contributed by atoms with E-state index in [4.69, 9.17) is 23.9 Å². The molecule has 0 spiro atoms. The molecule has 1 aromatic carbocycles. The third kappa shape index (κ3) is 8.26. The highest BCUT2D eigenvalue weighted by atomic mass is 127. The van der Waals surface area contributed by atoms with Gasteiger partial charge in [-0.05, 0) is 69.2 Å². The summed E-state index contributed by atoms with van der Waals surface area (Å²) in [5, 5.41) is 3.45. The van der Waals surface area contributed by atoms with Crippen LogP contribution < -0.4 is 14.8 Å². The molecular weight excluding hydrogens is 521 g/mol. The second-order valence-electron chi connectivity index (χ2n) is 8.17. The van der Waals surface area contributed by atoms with E-state index in [1.54, 1.807) is 14.2 Å². The van der Waals surface area contributed by atoms with Crippen molar-refractivity contribution in [3.8, 4) is 11.5 Å². The number of guanidine groups is 1. The molecule has 1 atom stereocenters. The minimum atomic E-state index is 0. The average Bonchev–Trinajstić information content (AvgIpc) is 2.83. The van der Waals surface area contributed by atoms with Gasteiger partial charge in [0.25, 0.3) is 0 Å². The minimum absolute atomic E-state index is 0. The molecule has 1 unspecified atom stereocenters. The fourth-order valence-corrected chi connectivity index (χ4v) is 4.20. The van der Waals surface area contributed by atoms with Crippen LogP contribution in [0, 0.1) is 0 Å². The van der Waals surface area contributed by atoms with Gasteiger partial charge in [0, 0.05) is 32.8 Å². The first kappa shape index (κ1) is 27.0. The van der Waals surface area contributed by atoms with E-state index >= 15 is 0 Å². The van der Waals surface area contributed by atoms with Crippen LogP contribution in [0.15, 0.2) is 23.2 Å². The summed E-state index contributed by atoms with van der Waals surface area (Å²) < 4.78 is 22.8.